The Bertz CT molecular complexity index is 644. The normalized spacial score (nSPS) is 14.9. The zero-order valence-electron chi connectivity index (χ0n) is 19.2. The van der Waals surface area contributed by atoms with E-state index in [4.69, 9.17) is 0 Å². The molecule has 0 amide bonds. The molecule has 0 radical (unpaired) electrons. The molecule has 4 nitrogen and oxygen atoms in total. The second kappa shape index (κ2) is 13.3. The van der Waals surface area contributed by atoms with E-state index in [1.54, 1.807) is 4.31 Å². The molecule has 0 aromatic heterocycles. The van der Waals surface area contributed by atoms with Crippen molar-refractivity contribution in [1.29, 1.82) is 0 Å². The molecule has 1 N–H and O–H groups in total. The Kier molecular flexibility index (Phi) is 12.4. The van der Waals surface area contributed by atoms with E-state index in [9.17, 15) is 13.5 Å². The van der Waals surface area contributed by atoms with Gasteiger partial charge >= 0.3 is 185 Å². The minimum atomic E-state index is -3.46. The van der Waals surface area contributed by atoms with Gasteiger partial charge in [-0.3, -0.25) is 0 Å². The summed E-state index contributed by atoms with van der Waals surface area (Å²) in [5, 5.41) is 10.3. The van der Waals surface area contributed by atoms with Crippen LogP contribution in [0.15, 0.2) is 30.3 Å². The van der Waals surface area contributed by atoms with Gasteiger partial charge in [0.05, 0.1) is 0 Å². The van der Waals surface area contributed by atoms with Gasteiger partial charge in [0.1, 0.15) is 0 Å². The van der Waals surface area contributed by atoms with Crippen LogP contribution in [0.4, 0.5) is 0 Å². The van der Waals surface area contributed by atoms with Gasteiger partial charge in [0.2, 0.25) is 0 Å². The third kappa shape index (κ3) is 7.82. The summed E-state index contributed by atoms with van der Waals surface area (Å²) in [6.07, 6.45) is 8.38. The van der Waals surface area contributed by atoms with Crippen LogP contribution in [0.3, 0.4) is 0 Å². The fourth-order valence-corrected chi connectivity index (χ4v) is 25.8. The quantitative estimate of drug-likeness (QED) is 0.293. The molecule has 1 aromatic carbocycles. The Morgan fingerprint density at radius 2 is 1.38 bits per heavy atom. The van der Waals surface area contributed by atoms with Crippen molar-refractivity contribution in [3.05, 3.63) is 35.9 Å². The van der Waals surface area contributed by atoms with E-state index >= 15 is 0 Å². The van der Waals surface area contributed by atoms with Gasteiger partial charge in [0.25, 0.3) is 0 Å². The molecule has 2 atom stereocenters. The molecule has 0 saturated carbocycles. The van der Waals surface area contributed by atoms with E-state index in [1.807, 2.05) is 30.3 Å². The monoisotopic (exact) mass is 533 g/mol. The fraction of sp³-hybridized carbons (Fsp3) is 0.739. The molecular weight excluding hydrogens is 489 g/mol. The molecule has 168 valence electrons. The summed E-state index contributed by atoms with van der Waals surface area (Å²) in [6, 6.07) is 9.15. The van der Waals surface area contributed by atoms with Gasteiger partial charge in [-0.25, -0.2) is 0 Å². The van der Waals surface area contributed by atoms with Crippen molar-refractivity contribution in [2.75, 3.05) is 12.9 Å². The summed E-state index contributed by atoms with van der Waals surface area (Å²) in [5.41, 5.74) is 0.883. The van der Waals surface area contributed by atoms with Gasteiger partial charge in [-0.1, -0.05) is 0 Å². The molecule has 0 bridgehead atoms. The Labute approximate surface area is 184 Å². The van der Waals surface area contributed by atoms with Gasteiger partial charge in [-0.2, -0.15) is 0 Å². The molecule has 0 aliphatic carbocycles. The van der Waals surface area contributed by atoms with Crippen LogP contribution in [0.25, 0.3) is 0 Å². The van der Waals surface area contributed by atoms with E-state index in [0.29, 0.717) is 0 Å². The Balaban J connectivity index is 3.47. The van der Waals surface area contributed by atoms with Crippen LogP contribution >= 0.6 is 0 Å². The fourth-order valence-electron chi connectivity index (χ4n) is 4.65. The van der Waals surface area contributed by atoms with Crippen LogP contribution in [0.5, 0.6) is 0 Å². The second-order valence-corrected chi connectivity index (χ2v) is 24.9. The number of sulfonamides is 1. The number of rotatable bonds is 15. The Hall–Kier alpha value is -0.111. The standard InChI is InChI=1S/C11H16NO3S.3C4H9.Sn/c1-3-12(16(2,14)15)11(9-13)10-7-5-4-6-8-10;3*1-3-4-2;/h3-8,11,13H,9H2,1-2H3;3*1,3-4H2,2H3;/t11-;;;;/m0..../s1. The predicted molar refractivity (Wildman–Crippen MR) is 127 cm³/mol. The summed E-state index contributed by atoms with van der Waals surface area (Å²) in [7, 11) is -3.46. The third-order valence-corrected chi connectivity index (χ3v) is 25.7. The average molecular weight is 532 g/mol. The maximum absolute atomic E-state index is 13.1. The van der Waals surface area contributed by atoms with Crippen molar-refractivity contribution in [2.24, 2.45) is 0 Å². The Morgan fingerprint density at radius 3 is 1.72 bits per heavy atom. The summed E-state index contributed by atoms with van der Waals surface area (Å²) in [5.74, 6) is 0. The van der Waals surface area contributed by atoms with Crippen LogP contribution in [0.2, 0.25) is 13.3 Å². The van der Waals surface area contributed by atoms with E-state index in [2.05, 4.69) is 27.7 Å². The van der Waals surface area contributed by atoms with Crippen molar-refractivity contribution < 1.29 is 13.5 Å². The van der Waals surface area contributed by atoms with Crippen molar-refractivity contribution in [2.45, 2.75) is 89.6 Å². The number of aliphatic hydroxyl groups excluding tert-OH is 1. The number of benzene rings is 1. The van der Waals surface area contributed by atoms with Gasteiger partial charge in [0, 0.05) is 0 Å². The summed E-state index contributed by atoms with van der Waals surface area (Å²) in [4.78, 5) is 0. The van der Waals surface area contributed by atoms with Crippen molar-refractivity contribution in [3.8, 4) is 0 Å². The first-order valence-corrected chi connectivity index (χ1v) is 21.0. The molecule has 6 heteroatoms. The SMILES string of the molecule is CCC[CH2][Sn]([CH2]CCC)([CH2]CCC)[C@@H](C)N([C@@H](CO)c1ccccc1)S(C)(=O)=O. The maximum atomic E-state index is 13.1. The van der Waals surface area contributed by atoms with Crippen molar-refractivity contribution in [1.82, 2.24) is 4.31 Å². The van der Waals surface area contributed by atoms with Crippen LogP contribution in [-0.4, -0.2) is 53.1 Å². The summed E-state index contributed by atoms with van der Waals surface area (Å²) < 4.78 is 31.6. The first kappa shape index (κ1) is 26.9. The number of hydrogen-bond donors (Lipinski definition) is 1. The van der Waals surface area contributed by atoms with Crippen molar-refractivity contribution in [3.63, 3.8) is 0 Å². The molecule has 0 saturated heterocycles. The minimum absolute atomic E-state index is 0.0429. The number of hydrogen-bond acceptors (Lipinski definition) is 3. The van der Waals surface area contributed by atoms with Crippen molar-refractivity contribution >= 4 is 28.4 Å². The van der Waals surface area contributed by atoms with Crippen LogP contribution in [-0.2, 0) is 10.0 Å². The molecule has 29 heavy (non-hydrogen) atoms. The van der Waals surface area contributed by atoms with E-state index < -0.39 is 34.4 Å². The molecule has 0 unspecified atom stereocenters. The number of unbranched alkanes of at least 4 members (excludes halogenated alkanes) is 3. The first-order chi connectivity index (χ1) is 13.8. The number of nitrogens with zero attached hydrogens (tertiary/aromatic N) is 1. The van der Waals surface area contributed by atoms with Gasteiger partial charge < -0.3 is 0 Å². The van der Waals surface area contributed by atoms with Gasteiger partial charge in [0.15, 0.2) is 0 Å². The van der Waals surface area contributed by atoms with Crippen LogP contribution in [0, 0.1) is 0 Å². The van der Waals surface area contributed by atoms with E-state index in [1.165, 1.54) is 38.8 Å². The molecule has 0 heterocycles. The average Bonchev–Trinajstić information content (AvgIpc) is 2.71. The topological polar surface area (TPSA) is 57.6 Å². The second-order valence-electron chi connectivity index (χ2n) is 8.55. The first-order valence-electron chi connectivity index (χ1n) is 11.4. The molecule has 1 aromatic rings. The van der Waals surface area contributed by atoms with Gasteiger partial charge in [-0.05, 0) is 0 Å². The molecular formula is C23H43NO3SSn. The van der Waals surface area contributed by atoms with Gasteiger partial charge in [-0.15, -0.1) is 0 Å². The third-order valence-electron chi connectivity index (χ3n) is 6.40. The van der Waals surface area contributed by atoms with Crippen LogP contribution in [0.1, 0.15) is 77.8 Å². The molecule has 0 aliphatic rings. The molecule has 0 fully saturated rings. The Morgan fingerprint density at radius 1 is 0.931 bits per heavy atom. The van der Waals surface area contributed by atoms with E-state index in [0.717, 1.165) is 24.8 Å². The molecule has 1 rings (SSSR count). The summed E-state index contributed by atoms with van der Waals surface area (Å²) in [6.45, 7) is 8.68. The molecule has 0 aliphatic heterocycles. The van der Waals surface area contributed by atoms with E-state index in [-0.39, 0.29) is 10.7 Å². The zero-order valence-corrected chi connectivity index (χ0v) is 22.9. The predicted octanol–water partition coefficient (Wildman–Crippen LogP) is 5.76. The summed E-state index contributed by atoms with van der Waals surface area (Å²) >= 11 is -2.86. The van der Waals surface area contributed by atoms with Crippen LogP contribution < -0.4 is 0 Å². The molecule has 0 spiro atoms. The number of aliphatic hydroxyl groups is 1. The zero-order chi connectivity index (χ0) is 21.9.